The van der Waals surface area contributed by atoms with E-state index < -0.39 is 5.60 Å². The van der Waals surface area contributed by atoms with Crippen LogP contribution in [0.2, 0.25) is 0 Å². The molecule has 1 heterocycles. The van der Waals surface area contributed by atoms with Gasteiger partial charge >= 0.3 is 5.97 Å². The summed E-state index contributed by atoms with van der Waals surface area (Å²) in [4.78, 5) is 26.7. The molecule has 1 aromatic heterocycles. The average Bonchev–Trinajstić information content (AvgIpc) is 3.20. The predicted octanol–water partition coefficient (Wildman–Crippen LogP) is 7.42. The highest BCUT2D eigenvalue weighted by molar-refractivity contribution is 7.50. The summed E-state index contributed by atoms with van der Waals surface area (Å²) >= 11 is 0. The lowest BCUT2D eigenvalue weighted by Crippen LogP contribution is -2.57. The van der Waals surface area contributed by atoms with Crippen LogP contribution >= 0.6 is 10.5 Å². The Morgan fingerprint density at radius 3 is 2.05 bits per heavy atom. The van der Waals surface area contributed by atoms with Crippen molar-refractivity contribution in [2.75, 3.05) is 6.61 Å². The fourth-order valence-corrected chi connectivity index (χ4v) is 10.1. The number of carbonyl (C=O) groups is 2. The number of esters is 1. The molecule has 4 aliphatic carbocycles. The van der Waals surface area contributed by atoms with Crippen LogP contribution in [0.4, 0.5) is 0 Å². The molecule has 37 heavy (non-hydrogen) atoms. The molecule has 8 rings (SSSR count). The number of ketones is 1. The lowest BCUT2D eigenvalue weighted by Gasteiger charge is -2.54. The maximum Gasteiger partial charge on any atom is 0.344 e. The minimum atomic E-state index is -0.455. The van der Waals surface area contributed by atoms with E-state index in [4.69, 9.17) is 9.47 Å². The predicted molar refractivity (Wildman–Crippen MR) is 148 cm³/mol. The average molecular weight is 512 g/mol. The Morgan fingerprint density at radius 1 is 0.892 bits per heavy atom. The molecular weight excluding hydrogens is 480 g/mol. The van der Waals surface area contributed by atoms with E-state index in [0.29, 0.717) is 24.5 Å². The van der Waals surface area contributed by atoms with Crippen LogP contribution in [0.15, 0.2) is 60.7 Å². The van der Waals surface area contributed by atoms with E-state index in [0.717, 1.165) is 36.1 Å². The molecule has 0 spiro atoms. The van der Waals surface area contributed by atoms with Crippen LogP contribution in [0.5, 0.6) is 5.75 Å². The second-order valence-corrected chi connectivity index (χ2v) is 13.3. The maximum absolute atomic E-state index is 12.9. The van der Waals surface area contributed by atoms with Crippen LogP contribution in [-0.2, 0) is 14.3 Å². The largest absolute Gasteiger partial charge is 0.481 e. The van der Waals surface area contributed by atoms with E-state index in [2.05, 4.69) is 74.5 Å². The molecule has 4 nitrogen and oxygen atoms in total. The van der Waals surface area contributed by atoms with Gasteiger partial charge in [-0.3, -0.25) is 4.79 Å². The standard InChI is InChI=1S/C32H31O4S/c1-19-11-24(37-27-9-5-3-7-25(27)26-8-4-6-10-28(26)37)12-20(2)31(19)35-18-29(33)36-32-15-21-13-22(16-32)30(34)23(14-21)17-32/h3-12,21-23H,13-18H2,1-2H3/q+1. The molecule has 0 saturated heterocycles. The number of benzene rings is 3. The zero-order valence-electron chi connectivity index (χ0n) is 21.3. The summed E-state index contributed by atoms with van der Waals surface area (Å²) < 4.78 is 14.9. The number of fused-ring (bicyclic) bond motifs is 3. The summed E-state index contributed by atoms with van der Waals surface area (Å²) in [7, 11) is -0.168. The SMILES string of the molecule is Cc1cc(-[s+]2c3ccccc3c3ccccc32)cc(C)c1OCC(=O)OC12CC3CC(C1)C(=O)C(C3)C2. The zero-order chi connectivity index (χ0) is 25.3. The number of hydrogen-bond donors (Lipinski definition) is 0. The molecule has 188 valence electrons. The van der Waals surface area contributed by atoms with Crippen molar-refractivity contribution in [3.8, 4) is 10.6 Å². The van der Waals surface area contributed by atoms with Crippen LogP contribution in [-0.4, -0.2) is 24.0 Å². The minimum Gasteiger partial charge on any atom is -0.481 e. The molecule has 4 saturated carbocycles. The van der Waals surface area contributed by atoms with Crippen molar-refractivity contribution in [3.63, 3.8) is 0 Å². The minimum absolute atomic E-state index is 0.0867. The molecule has 4 fully saturated rings. The van der Waals surface area contributed by atoms with E-state index in [-0.39, 0.29) is 34.9 Å². The van der Waals surface area contributed by atoms with Gasteiger partial charge in [-0.1, -0.05) is 24.3 Å². The summed E-state index contributed by atoms with van der Waals surface area (Å²) in [5.74, 6) is 1.53. The summed E-state index contributed by atoms with van der Waals surface area (Å²) in [6.07, 6.45) is 4.25. The lowest BCUT2D eigenvalue weighted by molar-refractivity contribution is -0.190. The summed E-state index contributed by atoms with van der Waals surface area (Å²) in [6.45, 7) is 4.01. The third-order valence-corrected chi connectivity index (χ3v) is 11.1. The van der Waals surface area contributed by atoms with Gasteiger partial charge in [-0.25, -0.2) is 4.79 Å². The van der Waals surface area contributed by atoms with Gasteiger partial charge in [0.05, 0.1) is 0 Å². The van der Waals surface area contributed by atoms with E-state index in [1.54, 1.807) is 0 Å². The Kier molecular flexibility index (Phi) is 5.23. The van der Waals surface area contributed by atoms with Crippen LogP contribution in [0, 0.1) is 31.6 Å². The van der Waals surface area contributed by atoms with Crippen LogP contribution in [0.1, 0.15) is 43.2 Å². The highest BCUT2D eigenvalue weighted by Crippen LogP contribution is 2.55. The second-order valence-electron chi connectivity index (χ2n) is 11.4. The molecule has 3 aromatic carbocycles. The third-order valence-electron chi connectivity index (χ3n) is 8.78. The molecule has 4 bridgehead atoms. The van der Waals surface area contributed by atoms with Crippen molar-refractivity contribution < 1.29 is 19.1 Å². The highest BCUT2D eigenvalue weighted by Gasteiger charge is 2.57. The smallest absolute Gasteiger partial charge is 0.344 e. The van der Waals surface area contributed by atoms with Gasteiger partial charge in [0.1, 0.15) is 17.1 Å². The van der Waals surface area contributed by atoms with E-state index in [1.165, 1.54) is 25.1 Å². The summed E-state index contributed by atoms with van der Waals surface area (Å²) in [5, 5.41) is 2.62. The molecular formula is C32H31O4S+. The van der Waals surface area contributed by atoms with Crippen molar-refractivity contribution in [2.24, 2.45) is 17.8 Å². The van der Waals surface area contributed by atoms with Gasteiger partial charge < -0.3 is 9.47 Å². The zero-order valence-corrected chi connectivity index (χ0v) is 22.1. The summed E-state index contributed by atoms with van der Waals surface area (Å²) in [5.41, 5.74) is 1.60. The van der Waals surface area contributed by atoms with Gasteiger partial charge in [-0.2, -0.15) is 0 Å². The Balaban J connectivity index is 1.13. The summed E-state index contributed by atoms with van der Waals surface area (Å²) in [6, 6.07) is 21.8. The second kappa shape index (κ2) is 8.42. The van der Waals surface area contributed by atoms with Gasteiger partial charge in [-0.05, 0) is 87.3 Å². The first kappa shape index (κ1) is 23.0. The molecule has 4 aliphatic rings. The van der Waals surface area contributed by atoms with Crippen molar-refractivity contribution in [3.05, 3.63) is 71.8 Å². The number of aryl methyl sites for hydroxylation is 2. The van der Waals surface area contributed by atoms with Gasteiger partial charge in [-0.15, -0.1) is 0 Å². The first-order valence-electron chi connectivity index (χ1n) is 13.3. The number of rotatable bonds is 5. The highest BCUT2D eigenvalue weighted by atomic mass is 32.2. The fourth-order valence-electron chi connectivity index (χ4n) is 7.57. The number of thiophene rings is 1. The Labute approximate surface area is 219 Å². The van der Waals surface area contributed by atoms with Crippen molar-refractivity contribution in [1.29, 1.82) is 0 Å². The van der Waals surface area contributed by atoms with Gasteiger partial charge in [0.2, 0.25) is 0 Å². The van der Waals surface area contributed by atoms with Crippen molar-refractivity contribution in [2.45, 2.75) is 51.6 Å². The van der Waals surface area contributed by atoms with Crippen LogP contribution in [0.3, 0.4) is 0 Å². The van der Waals surface area contributed by atoms with Gasteiger partial charge in [0.25, 0.3) is 0 Å². The quantitative estimate of drug-likeness (QED) is 0.207. The molecule has 4 aromatic rings. The number of Topliss-reactive ketones (excluding diaryl/α,β-unsaturated/α-hetero) is 1. The maximum atomic E-state index is 12.9. The molecule has 0 radical (unpaired) electrons. The topological polar surface area (TPSA) is 52.6 Å². The Morgan fingerprint density at radius 2 is 1.46 bits per heavy atom. The van der Waals surface area contributed by atoms with Crippen molar-refractivity contribution in [1.82, 2.24) is 0 Å². The lowest BCUT2D eigenvalue weighted by atomic mass is 9.53. The number of ether oxygens (including phenoxy) is 2. The molecule has 5 heteroatoms. The molecule has 2 unspecified atom stereocenters. The Hall–Kier alpha value is -3.18. The molecule has 2 atom stereocenters. The van der Waals surface area contributed by atoms with E-state index in [1.807, 2.05) is 0 Å². The van der Waals surface area contributed by atoms with Gasteiger partial charge in [0, 0.05) is 45.2 Å². The number of hydrogen-bond acceptors (Lipinski definition) is 4. The van der Waals surface area contributed by atoms with Crippen molar-refractivity contribution >= 4 is 42.4 Å². The molecule has 0 N–H and O–H groups in total. The third kappa shape index (κ3) is 3.70. The van der Waals surface area contributed by atoms with Crippen LogP contribution < -0.4 is 4.74 Å². The van der Waals surface area contributed by atoms with E-state index >= 15 is 0 Å². The number of carbonyl (C=O) groups excluding carboxylic acids is 2. The first-order valence-corrected chi connectivity index (χ1v) is 14.6. The monoisotopic (exact) mass is 511 g/mol. The van der Waals surface area contributed by atoms with E-state index in [9.17, 15) is 9.59 Å². The molecule has 0 amide bonds. The van der Waals surface area contributed by atoms with Crippen LogP contribution in [0.25, 0.3) is 25.1 Å². The first-order chi connectivity index (χ1) is 17.9. The van der Waals surface area contributed by atoms with Gasteiger partial charge in [0.15, 0.2) is 20.9 Å². The Bertz CT molecular complexity index is 1490. The fraction of sp³-hybridized carbons (Fsp3) is 0.375. The normalized spacial score (nSPS) is 26.2. The molecule has 0 aliphatic heterocycles.